The van der Waals surface area contributed by atoms with Crippen LogP contribution in [0.5, 0.6) is 0 Å². The summed E-state index contributed by atoms with van der Waals surface area (Å²) >= 11 is 0. The summed E-state index contributed by atoms with van der Waals surface area (Å²) in [5.74, 6) is 0.924. The predicted molar refractivity (Wildman–Crippen MR) is 60.5 cm³/mol. The number of hydrogen-bond acceptors (Lipinski definition) is 2. The van der Waals surface area contributed by atoms with Crippen molar-refractivity contribution in [1.82, 2.24) is 5.32 Å². The van der Waals surface area contributed by atoms with Crippen molar-refractivity contribution in [3.05, 3.63) is 0 Å². The molecule has 1 fully saturated rings. The van der Waals surface area contributed by atoms with E-state index in [2.05, 4.69) is 19.2 Å². The zero-order valence-electron chi connectivity index (χ0n) is 9.72. The van der Waals surface area contributed by atoms with E-state index in [1.165, 1.54) is 32.1 Å². The van der Waals surface area contributed by atoms with Gasteiger partial charge in [-0.2, -0.15) is 0 Å². The van der Waals surface area contributed by atoms with Crippen molar-refractivity contribution in [2.45, 2.75) is 52.1 Å². The molecule has 1 N–H and O–H groups in total. The molecule has 0 aromatic heterocycles. The van der Waals surface area contributed by atoms with Crippen LogP contribution in [-0.2, 0) is 4.74 Å². The molecule has 0 spiro atoms. The molecular weight excluding hydrogens is 174 g/mol. The first-order valence-electron chi connectivity index (χ1n) is 6.19. The van der Waals surface area contributed by atoms with Gasteiger partial charge < -0.3 is 10.1 Å². The molecule has 0 bridgehead atoms. The van der Waals surface area contributed by atoms with Gasteiger partial charge in [-0.05, 0) is 25.3 Å². The van der Waals surface area contributed by atoms with Gasteiger partial charge in [0.1, 0.15) is 0 Å². The van der Waals surface area contributed by atoms with Crippen LogP contribution in [0.3, 0.4) is 0 Å². The van der Waals surface area contributed by atoms with E-state index in [1.54, 1.807) is 0 Å². The van der Waals surface area contributed by atoms with Crippen molar-refractivity contribution in [3.63, 3.8) is 0 Å². The smallest absolute Gasteiger partial charge is 0.0594 e. The predicted octanol–water partition coefficient (Wildman–Crippen LogP) is 2.58. The highest BCUT2D eigenvalue weighted by Crippen LogP contribution is 2.28. The minimum atomic E-state index is 0.548. The number of nitrogens with one attached hydrogen (secondary N) is 1. The van der Waals surface area contributed by atoms with Gasteiger partial charge in [0.25, 0.3) is 0 Å². The lowest BCUT2D eigenvalue weighted by molar-refractivity contribution is 0.0144. The Bertz CT molecular complexity index is 138. The van der Waals surface area contributed by atoms with Gasteiger partial charge in [0.05, 0.1) is 12.7 Å². The van der Waals surface area contributed by atoms with Gasteiger partial charge in [-0.1, -0.05) is 33.1 Å². The Morgan fingerprint density at radius 2 is 2.14 bits per heavy atom. The zero-order chi connectivity index (χ0) is 10.2. The quantitative estimate of drug-likeness (QED) is 0.664. The van der Waals surface area contributed by atoms with Gasteiger partial charge in [-0.15, -0.1) is 0 Å². The van der Waals surface area contributed by atoms with E-state index in [9.17, 15) is 0 Å². The van der Waals surface area contributed by atoms with Crippen LogP contribution in [0, 0.1) is 5.92 Å². The third-order valence-electron chi connectivity index (χ3n) is 3.19. The minimum Gasteiger partial charge on any atom is -0.377 e. The van der Waals surface area contributed by atoms with E-state index in [0.29, 0.717) is 6.10 Å². The van der Waals surface area contributed by atoms with Crippen molar-refractivity contribution < 1.29 is 4.74 Å². The molecule has 1 aliphatic carbocycles. The molecule has 1 aliphatic rings. The number of rotatable bonds is 6. The van der Waals surface area contributed by atoms with E-state index in [-0.39, 0.29) is 0 Å². The molecule has 0 aliphatic heterocycles. The Labute approximate surface area is 88.4 Å². The molecule has 0 radical (unpaired) electrons. The molecule has 1 saturated carbocycles. The fourth-order valence-electron chi connectivity index (χ4n) is 2.24. The molecule has 2 heteroatoms. The van der Waals surface area contributed by atoms with E-state index >= 15 is 0 Å². The van der Waals surface area contributed by atoms with Gasteiger partial charge in [0.15, 0.2) is 0 Å². The van der Waals surface area contributed by atoms with Crippen molar-refractivity contribution in [2.24, 2.45) is 5.92 Å². The maximum absolute atomic E-state index is 5.85. The van der Waals surface area contributed by atoms with Crippen LogP contribution in [0.15, 0.2) is 0 Å². The first-order chi connectivity index (χ1) is 6.86. The summed E-state index contributed by atoms with van der Waals surface area (Å²) in [7, 11) is 0. The molecule has 2 nitrogen and oxygen atoms in total. The van der Waals surface area contributed by atoms with Crippen LogP contribution in [0.2, 0.25) is 0 Å². The second kappa shape index (κ2) is 7.24. The second-order valence-corrected chi connectivity index (χ2v) is 4.29. The Kier molecular flexibility index (Phi) is 6.20. The molecule has 2 unspecified atom stereocenters. The Balaban J connectivity index is 2.05. The number of ether oxygens (including phenoxy) is 1. The third-order valence-corrected chi connectivity index (χ3v) is 3.19. The lowest BCUT2D eigenvalue weighted by atomic mass is 9.85. The summed E-state index contributed by atoms with van der Waals surface area (Å²) in [4.78, 5) is 0. The fraction of sp³-hybridized carbons (Fsp3) is 1.00. The highest BCUT2D eigenvalue weighted by atomic mass is 16.5. The van der Waals surface area contributed by atoms with Gasteiger partial charge >= 0.3 is 0 Å². The maximum atomic E-state index is 5.85. The SMILES string of the molecule is CCNCCOC1CCCC(CC)C1. The van der Waals surface area contributed by atoms with Crippen LogP contribution < -0.4 is 5.32 Å². The monoisotopic (exact) mass is 199 g/mol. The molecule has 84 valence electrons. The molecular formula is C12H25NO. The largest absolute Gasteiger partial charge is 0.377 e. The number of likely N-dealkylation sites (N-methyl/N-ethyl adjacent to an activating group) is 1. The average Bonchev–Trinajstić information content (AvgIpc) is 2.25. The highest BCUT2D eigenvalue weighted by Gasteiger charge is 2.20. The Morgan fingerprint density at radius 3 is 2.86 bits per heavy atom. The molecule has 14 heavy (non-hydrogen) atoms. The van der Waals surface area contributed by atoms with Crippen LogP contribution in [0.4, 0.5) is 0 Å². The highest BCUT2D eigenvalue weighted by molar-refractivity contribution is 4.72. The van der Waals surface area contributed by atoms with E-state index in [4.69, 9.17) is 4.74 Å². The van der Waals surface area contributed by atoms with Crippen molar-refractivity contribution >= 4 is 0 Å². The summed E-state index contributed by atoms with van der Waals surface area (Å²) in [6, 6.07) is 0. The first kappa shape index (κ1) is 12.0. The zero-order valence-corrected chi connectivity index (χ0v) is 9.72. The molecule has 2 atom stereocenters. The van der Waals surface area contributed by atoms with E-state index < -0.39 is 0 Å². The average molecular weight is 199 g/mol. The lowest BCUT2D eigenvalue weighted by Gasteiger charge is -2.28. The van der Waals surface area contributed by atoms with Crippen molar-refractivity contribution in [3.8, 4) is 0 Å². The normalized spacial score (nSPS) is 27.9. The minimum absolute atomic E-state index is 0.548. The Hall–Kier alpha value is -0.0800. The molecule has 0 aromatic carbocycles. The van der Waals surface area contributed by atoms with Crippen LogP contribution >= 0.6 is 0 Å². The van der Waals surface area contributed by atoms with Crippen LogP contribution in [-0.4, -0.2) is 25.8 Å². The maximum Gasteiger partial charge on any atom is 0.0594 e. The van der Waals surface area contributed by atoms with Crippen molar-refractivity contribution in [2.75, 3.05) is 19.7 Å². The van der Waals surface area contributed by atoms with E-state index in [0.717, 1.165) is 25.6 Å². The molecule has 0 saturated heterocycles. The van der Waals surface area contributed by atoms with Gasteiger partial charge in [0, 0.05) is 6.54 Å². The van der Waals surface area contributed by atoms with Gasteiger partial charge in [0.2, 0.25) is 0 Å². The summed E-state index contributed by atoms with van der Waals surface area (Å²) in [6.07, 6.45) is 7.24. The molecule has 0 heterocycles. The summed E-state index contributed by atoms with van der Waals surface area (Å²) in [5, 5.41) is 3.29. The van der Waals surface area contributed by atoms with Gasteiger partial charge in [-0.3, -0.25) is 0 Å². The standard InChI is InChI=1S/C12H25NO/c1-3-11-6-5-7-12(10-11)14-9-8-13-4-2/h11-13H,3-10H2,1-2H3. The number of hydrogen-bond donors (Lipinski definition) is 1. The van der Waals surface area contributed by atoms with Crippen LogP contribution in [0.25, 0.3) is 0 Å². The Morgan fingerprint density at radius 1 is 1.29 bits per heavy atom. The summed E-state index contributed by atoms with van der Waals surface area (Å²) < 4.78 is 5.85. The van der Waals surface area contributed by atoms with Crippen LogP contribution in [0.1, 0.15) is 46.0 Å². The topological polar surface area (TPSA) is 21.3 Å². The molecule has 0 aromatic rings. The van der Waals surface area contributed by atoms with Crippen molar-refractivity contribution in [1.29, 1.82) is 0 Å². The second-order valence-electron chi connectivity index (χ2n) is 4.29. The molecule has 0 amide bonds. The summed E-state index contributed by atoms with van der Waals surface area (Å²) in [6.45, 7) is 7.36. The van der Waals surface area contributed by atoms with E-state index in [1.807, 2.05) is 0 Å². The first-order valence-corrected chi connectivity index (χ1v) is 6.19. The fourth-order valence-corrected chi connectivity index (χ4v) is 2.24. The molecule has 1 rings (SSSR count). The lowest BCUT2D eigenvalue weighted by Crippen LogP contribution is -2.27. The van der Waals surface area contributed by atoms with Gasteiger partial charge in [-0.25, -0.2) is 0 Å². The summed E-state index contributed by atoms with van der Waals surface area (Å²) in [5.41, 5.74) is 0. The third kappa shape index (κ3) is 4.43.